The first-order valence-electron chi connectivity index (χ1n) is 5.47. The largest absolute Gasteiger partial charge is 0.380 e. The number of anilines is 1. The predicted octanol–water partition coefficient (Wildman–Crippen LogP) is 4.60. The van der Waals surface area contributed by atoms with Gasteiger partial charge in [-0.25, -0.2) is 0 Å². The first kappa shape index (κ1) is 12.9. The summed E-state index contributed by atoms with van der Waals surface area (Å²) in [6.07, 6.45) is 1.29. The number of hydrogen-bond donors (Lipinski definition) is 2. The van der Waals surface area contributed by atoms with Crippen LogP contribution in [0.4, 0.5) is 5.69 Å². The maximum atomic E-state index is 7.35. The molecule has 2 N–H and O–H groups in total. The summed E-state index contributed by atoms with van der Waals surface area (Å²) in [4.78, 5) is 0. The zero-order chi connectivity index (χ0) is 13.0. The molecule has 92 valence electrons. The third kappa shape index (κ3) is 3.25. The van der Waals surface area contributed by atoms with Crippen LogP contribution in [0.2, 0.25) is 10.0 Å². The fourth-order valence-corrected chi connectivity index (χ4v) is 1.92. The van der Waals surface area contributed by atoms with E-state index in [1.165, 1.54) is 6.21 Å². The maximum absolute atomic E-state index is 7.35. The van der Waals surface area contributed by atoms with Crippen molar-refractivity contribution in [3.63, 3.8) is 0 Å². The van der Waals surface area contributed by atoms with Crippen LogP contribution in [0.5, 0.6) is 0 Å². The summed E-state index contributed by atoms with van der Waals surface area (Å²) in [5.74, 6) is 0. The molecule has 0 radical (unpaired) electrons. The second-order valence-corrected chi connectivity index (χ2v) is 4.73. The standard InChI is InChI=1S/C14H12Cl2N2/c15-12-3-1-10(2-4-12)9-18-14-6-5-13(16)7-11(14)8-17/h1-8,17-18H,9H2. The molecule has 0 amide bonds. The molecule has 0 aliphatic heterocycles. The van der Waals surface area contributed by atoms with E-state index in [1.807, 2.05) is 30.3 Å². The van der Waals surface area contributed by atoms with Gasteiger partial charge in [0.25, 0.3) is 0 Å². The van der Waals surface area contributed by atoms with Crippen LogP contribution in [0.1, 0.15) is 11.1 Å². The molecular weight excluding hydrogens is 267 g/mol. The van der Waals surface area contributed by atoms with Crippen LogP contribution in [0.25, 0.3) is 0 Å². The summed E-state index contributed by atoms with van der Waals surface area (Å²) in [5.41, 5.74) is 2.80. The summed E-state index contributed by atoms with van der Waals surface area (Å²) in [7, 11) is 0. The Bertz CT molecular complexity index is 550. The van der Waals surface area contributed by atoms with Gasteiger partial charge in [-0.1, -0.05) is 35.3 Å². The van der Waals surface area contributed by atoms with Crippen molar-refractivity contribution in [3.05, 3.63) is 63.6 Å². The smallest absolute Gasteiger partial charge is 0.0432 e. The van der Waals surface area contributed by atoms with Gasteiger partial charge in [0.2, 0.25) is 0 Å². The Morgan fingerprint density at radius 1 is 1.00 bits per heavy atom. The van der Waals surface area contributed by atoms with Crippen LogP contribution in [0.3, 0.4) is 0 Å². The van der Waals surface area contributed by atoms with Crippen molar-refractivity contribution < 1.29 is 0 Å². The van der Waals surface area contributed by atoms with Crippen molar-refractivity contribution in [2.24, 2.45) is 0 Å². The van der Waals surface area contributed by atoms with Gasteiger partial charge in [0.1, 0.15) is 0 Å². The highest BCUT2D eigenvalue weighted by Gasteiger charge is 2.01. The minimum Gasteiger partial charge on any atom is -0.380 e. The first-order valence-corrected chi connectivity index (χ1v) is 6.23. The van der Waals surface area contributed by atoms with Crippen LogP contribution in [0.15, 0.2) is 42.5 Å². The summed E-state index contributed by atoms with van der Waals surface area (Å²) in [6.45, 7) is 0.680. The molecule has 2 rings (SSSR count). The normalized spacial score (nSPS) is 10.1. The van der Waals surface area contributed by atoms with Gasteiger partial charge in [0, 0.05) is 34.1 Å². The summed E-state index contributed by atoms with van der Waals surface area (Å²) in [6, 6.07) is 13.1. The Kier molecular flexibility index (Phi) is 4.24. The van der Waals surface area contributed by atoms with Gasteiger partial charge in [-0.2, -0.15) is 0 Å². The second-order valence-electron chi connectivity index (χ2n) is 3.86. The molecule has 0 bridgehead atoms. The van der Waals surface area contributed by atoms with Crippen molar-refractivity contribution in [2.75, 3.05) is 5.32 Å². The Hall–Kier alpha value is -1.51. The number of rotatable bonds is 4. The van der Waals surface area contributed by atoms with Crippen LogP contribution in [0, 0.1) is 5.41 Å². The van der Waals surface area contributed by atoms with Crippen molar-refractivity contribution in [2.45, 2.75) is 6.54 Å². The molecule has 4 heteroatoms. The minimum atomic E-state index is 0.630. The van der Waals surface area contributed by atoms with E-state index in [-0.39, 0.29) is 0 Å². The molecule has 2 aromatic carbocycles. The highest BCUT2D eigenvalue weighted by atomic mass is 35.5. The van der Waals surface area contributed by atoms with Crippen molar-refractivity contribution >= 4 is 35.1 Å². The van der Waals surface area contributed by atoms with Gasteiger partial charge < -0.3 is 10.7 Å². The van der Waals surface area contributed by atoms with Gasteiger partial charge in [0.05, 0.1) is 0 Å². The molecule has 0 heterocycles. The van der Waals surface area contributed by atoms with Crippen LogP contribution >= 0.6 is 23.2 Å². The van der Waals surface area contributed by atoms with E-state index in [0.717, 1.165) is 21.8 Å². The highest BCUT2D eigenvalue weighted by Crippen LogP contribution is 2.20. The first-order chi connectivity index (χ1) is 8.69. The van der Waals surface area contributed by atoms with E-state index in [4.69, 9.17) is 28.6 Å². The lowest BCUT2D eigenvalue weighted by atomic mass is 10.1. The molecule has 0 aliphatic carbocycles. The van der Waals surface area contributed by atoms with Crippen molar-refractivity contribution in [3.8, 4) is 0 Å². The minimum absolute atomic E-state index is 0.630. The topological polar surface area (TPSA) is 35.9 Å². The molecule has 0 aromatic heterocycles. The number of nitrogens with one attached hydrogen (secondary N) is 2. The molecule has 0 unspecified atom stereocenters. The van der Waals surface area contributed by atoms with E-state index in [1.54, 1.807) is 12.1 Å². The lowest BCUT2D eigenvalue weighted by Crippen LogP contribution is -2.01. The third-order valence-electron chi connectivity index (χ3n) is 2.57. The van der Waals surface area contributed by atoms with E-state index in [0.29, 0.717) is 11.6 Å². The summed E-state index contributed by atoms with van der Waals surface area (Å²) in [5, 5.41) is 12.0. The molecule has 0 aliphatic rings. The lowest BCUT2D eigenvalue weighted by molar-refractivity contribution is 1.15. The fraction of sp³-hybridized carbons (Fsp3) is 0.0714. The monoisotopic (exact) mass is 278 g/mol. The number of halogens is 2. The van der Waals surface area contributed by atoms with E-state index < -0.39 is 0 Å². The van der Waals surface area contributed by atoms with Crippen LogP contribution < -0.4 is 5.32 Å². The molecule has 18 heavy (non-hydrogen) atoms. The van der Waals surface area contributed by atoms with E-state index in [2.05, 4.69) is 5.32 Å². The molecule has 0 fully saturated rings. The SMILES string of the molecule is N=Cc1cc(Cl)ccc1NCc1ccc(Cl)cc1. The van der Waals surface area contributed by atoms with Crippen molar-refractivity contribution in [1.29, 1.82) is 5.41 Å². The van der Waals surface area contributed by atoms with Crippen LogP contribution in [-0.2, 0) is 6.54 Å². The van der Waals surface area contributed by atoms with Crippen molar-refractivity contribution in [1.82, 2.24) is 0 Å². The molecule has 0 spiro atoms. The van der Waals surface area contributed by atoms with E-state index in [9.17, 15) is 0 Å². The average molecular weight is 279 g/mol. The fourth-order valence-electron chi connectivity index (χ4n) is 1.61. The molecule has 0 saturated carbocycles. The van der Waals surface area contributed by atoms with Crippen LogP contribution in [-0.4, -0.2) is 6.21 Å². The Morgan fingerprint density at radius 2 is 1.67 bits per heavy atom. The molecule has 2 aromatic rings. The van der Waals surface area contributed by atoms with E-state index >= 15 is 0 Å². The molecule has 2 nitrogen and oxygen atoms in total. The molecule has 0 atom stereocenters. The highest BCUT2D eigenvalue weighted by molar-refractivity contribution is 6.31. The van der Waals surface area contributed by atoms with Gasteiger partial charge in [0.15, 0.2) is 0 Å². The Balaban J connectivity index is 2.10. The van der Waals surface area contributed by atoms with Gasteiger partial charge in [-0.3, -0.25) is 0 Å². The summed E-state index contributed by atoms with van der Waals surface area (Å²) >= 11 is 11.7. The average Bonchev–Trinajstić information content (AvgIpc) is 2.39. The zero-order valence-corrected chi connectivity index (χ0v) is 11.1. The molecule has 0 saturated heterocycles. The lowest BCUT2D eigenvalue weighted by Gasteiger charge is -2.09. The molecular formula is C14H12Cl2N2. The van der Waals surface area contributed by atoms with Gasteiger partial charge in [-0.15, -0.1) is 0 Å². The quantitative estimate of drug-likeness (QED) is 0.788. The van der Waals surface area contributed by atoms with Gasteiger partial charge in [-0.05, 0) is 35.9 Å². The number of benzene rings is 2. The summed E-state index contributed by atoms with van der Waals surface area (Å²) < 4.78 is 0. The third-order valence-corrected chi connectivity index (χ3v) is 3.05. The Morgan fingerprint density at radius 3 is 2.33 bits per heavy atom. The second kappa shape index (κ2) is 5.89. The van der Waals surface area contributed by atoms with Gasteiger partial charge >= 0.3 is 0 Å². The number of hydrogen-bond acceptors (Lipinski definition) is 2. The predicted molar refractivity (Wildman–Crippen MR) is 78.1 cm³/mol. The Labute approximate surface area is 116 Å². The zero-order valence-electron chi connectivity index (χ0n) is 9.58. The maximum Gasteiger partial charge on any atom is 0.0432 e.